The third kappa shape index (κ3) is 2.85. The van der Waals surface area contributed by atoms with E-state index in [1.165, 1.54) is 12.1 Å². The third-order valence-corrected chi connectivity index (χ3v) is 3.89. The molecule has 1 N–H and O–H groups in total. The summed E-state index contributed by atoms with van der Waals surface area (Å²) >= 11 is 0. The van der Waals surface area contributed by atoms with Gasteiger partial charge in [-0.05, 0) is 42.8 Å². The Morgan fingerprint density at radius 1 is 1.12 bits per heavy atom. The van der Waals surface area contributed by atoms with Crippen molar-refractivity contribution in [2.24, 2.45) is 0 Å². The van der Waals surface area contributed by atoms with Gasteiger partial charge < -0.3 is 19.0 Å². The molecule has 2 aromatic carbocycles. The molecule has 1 aromatic heterocycles. The van der Waals surface area contributed by atoms with E-state index in [-0.39, 0.29) is 12.4 Å². The largest absolute Gasteiger partial charge is 0.478 e. The Bertz CT molecular complexity index is 947. The molecule has 0 bridgehead atoms. The van der Waals surface area contributed by atoms with Crippen molar-refractivity contribution in [2.75, 3.05) is 6.79 Å². The van der Waals surface area contributed by atoms with Crippen LogP contribution >= 0.6 is 0 Å². The molecule has 0 saturated carbocycles. The lowest BCUT2D eigenvalue weighted by atomic mass is 10.0. The second kappa shape index (κ2) is 6.03. The van der Waals surface area contributed by atoms with Gasteiger partial charge in [0.05, 0.1) is 17.7 Å². The molecule has 126 valence electrons. The fourth-order valence-corrected chi connectivity index (χ4v) is 2.74. The van der Waals surface area contributed by atoms with Gasteiger partial charge in [-0.1, -0.05) is 6.07 Å². The summed E-state index contributed by atoms with van der Waals surface area (Å²) in [5, 5.41) is 17.1. The average molecular weight is 338 g/mol. The molecule has 7 nitrogen and oxygen atoms in total. The number of carboxylic acids is 1. The predicted octanol–water partition coefficient (Wildman–Crippen LogP) is 3.28. The van der Waals surface area contributed by atoms with Crippen LogP contribution in [0.5, 0.6) is 5.75 Å². The van der Waals surface area contributed by atoms with Crippen molar-refractivity contribution in [2.45, 2.75) is 13.5 Å². The number of aromatic carboxylic acids is 1. The van der Waals surface area contributed by atoms with Gasteiger partial charge in [0.15, 0.2) is 6.79 Å². The van der Waals surface area contributed by atoms with Crippen LogP contribution in [0.15, 0.2) is 40.8 Å². The normalized spacial score (nSPS) is 13.2. The Hall–Kier alpha value is -3.19. The molecule has 0 unspecified atom stereocenters. The van der Waals surface area contributed by atoms with E-state index in [1.807, 2.05) is 19.1 Å². The highest BCUT2D eigenvalue weighted by Crippen LogP contribution is 2.37. The molecule has 3 aromatic rings. The Labute approximate surface area is 142 Å². The summed E-state index contributed by atoms with van der Waals surface area (Å²) in [6, 6.07) is 10.2. The highest BCUT2D eigenvalue weighted by molar-refractivity contribution is 5.88. The summed E-state index contributed by atoms with van der Waals surface area (Å²) in [7, 11) is 0. The van der Waals surface area contributed by atoms with Crippen LogP contribution in [0.3, 0.4) is 0 Å². The first-order chi connectivity index (χ1) is 12.1. The predicted molar refractivity (Wildman–Crippen MR) is 87.2 cm³/mol. The maximum absolute atomic E-state index is 10.9. The lowest BCUT2D eigenvalue weighted by molar-refractivity contribution is -0.0160. The fourth-order valence-electron chi connectivity index (χ4n) is 2.74. The molecular formula is C18H14N2O5. The first-order valence-corrected chi connectivity index (χ1v) is 7.63. The molecule has 0 atom stereocenters. The van der Waals surface area contributed by atoms with Crippen LogP contribution in [0, 0.1) is 6.92 Å². The van der Waals surface area contributed by atoms with Gasteiger partial charge in [-0.3, -0.25) is 0 Å². The van der Waals surface area contributed by atoms with Gasteiger partial charge >= 0.3 is 5.97 Å². The van der Waals surface area contributed by atoms with Crippen LogP contribution in [0.4, 0.5) is 0 Å². The van der Waals surface area contributed by atoms with Crippen molar-refractivity contribution in [3.63, 3.8) is 0 Å². The van der Waals surface area contributed by atoms with Gasteiger partial charge in [0.2, 0.25) is 5.89 Å². The van der Waals surface area contributed by atoms with Crippen molar-refractivity contribution < 1.29 is 23.8 Å². The van der Waals surface area contributed by atoms with Gasteiger partial charge in [0, 0.05) is 11.1 Å². The Balaban J connectivity index is 1.72. The fraction of sp³-hybridized carbons (Fsp3) is 0.167. The van der Waals surface area contributed by atoms with E-state index in [1.54, 1.807) is 12.1 Å². The van der Waals surface area contributed by atoms with E-state index in [2.05, 4.69) is 10.2 Å². The molecule has 4 rings (SSSR count). The Morgan fingerprint density at radius 2 is 1.88 bits per heavy atom. The zero-order valence-corrected chi connectivity index (χ0v) is 13.4. The molecule has 0 fully saturated rings. The van der Waals surface area contributed by atoms with Crippen LogP contribution in [-0.4, -0.2) is 28.1 Å². The van der Waals surface area contributed by atoms with Gasteiger partial charge in [0.25, 0.3) is 5.89 Å². The minimum Gasteiger partial charge on any atom is -0.478 e. The molecule has 7 heteroatoms. The molecule has 0 amide bonds. The molecule has 0 saturated heterocycles. The summed E-state index contributed by atoms with van der Waals surface area (Å²) in [5.41, 5.74) is 3.54. The van der Waals surface area contributed by atoms with Gasteiger partial charge in [0.1, 0.15) is 5.75 Å². The maximum atomic E-state index is 10.9. The van der Waals surface area contributed by atoms with Crippen molar-refractivity contribution in [1.29, 1.82) is 0 Å². The minimum atomic E-state index is -0.983. The van der Waals surface area contributed by atoms with E-state index in [0.29, 0.717) is 29.7 Å². The number of ether oxygens (including phenoxy) is 2. The van der Waals surface area contributed by atoms with E-state index >= 15 is 0 Å². The number of fused-ring (bicyclic) bond motifs is 1. The number of carbonyl (C=O) groups is 1. The first kappa shape index (κ1) is 15.3. The van der Waals surface area contributed by atoms with Crippen LogP contribution in [0.1, 0.15) is 21.5 Å². The van der Waals surface area contributed by atoms with Crippen molar-refractivity contribution in [1.82, 2.24) is 10.2 Å². The van der Waals surface area contributed by atoms with Crippen molar-refractivity contribution in [3.8, 4) is 28.7 Å². The van der Waals surface area contributed by atoms with Crippen molar-refractivity contribution >= 4 is 5.97 Å². The van der Waals surface area contributed by atoms with Crippen LogP contribution in [0.2, 0.25) is 0 Å². The number of aryl methyl sites for hydroxylation is 1. The quantitative estimate of drug-likeness (QED) is 0.783. The highest BCUT2D eigenvalue weighted by atomic mass is 16.7. The maximum Gasteiger partial charge on any atom is 0.335 e. The SMILES string of the molecule is Cc1cc2c(c(-c3nnc(-c4ccc(C(=O)O)cc4)o3)c1)OCOC2. The number of rotatable bonds is 3. The van der Waals surface area contributed by atoms with Crippen LogP contribution < -0.4 is 4.74 Å². The summed E-state index contributed by atoms with van der Waals surface area (Å²) in [6.45, 7) is 2.63. The molecule has 2 heterocycles. The summed E-state index contributed by atoms with van der Waals surface area (Å²) in [5.74, 6) is 0.366. The number of benzene rings is 2. The zero-order valence-electron chi connectivity index (χ0n) is 13.4. The molecular weight excluding hydrogens is 324 g/mol. The topological polar surface area (TPSA) is 94.7 Å². The molecule has 0 aliphatic carbocycles. The molecule has 0 spiro atoms. The third-order valence-electron chi connectivity index (χ3n) is 3.89. The zero-order chi connectivity index (χ0) is 17.4. The van der Waals surface area contributed by atoms with E-state index in [0.717, 1.165) is 16.7 Å². The highest BCUT2D eigenvalue weighted by Gasteiger charge is 2.21. The summed E-state index contributed by atoms with van der Waals surface area (Å²) < 4.78 is 16.7. The van der Waals surface area contributed by atoms with Crippen molar-refractivity contribution in [3.05, 3.63) is 53.1 Å². The van der Waals surface area contributed by atoms with Gasteiger partial charge in [-0.2, -0.15) is 0 Å². The minimum absolute atomic E-state index is 0.181. The first-order valence-electron chi connectivity index (χ1n) is 7.63. The average Bonchev–Trinajstić information content (AvgIpc) is 3.11. The Kier molecular flexibility index (Phi) is 3.70. The molecule has 1 aliphatic rings. The van der Waals surface area contributed by atoms with Gasteiger partial charge in [-0.25, -0.2) is 4.79 Å². The number of carboxylic acid groups (broad SMARTS) is 1. The van der Waals surface area contributed by atoms with E-state index in [4.69, 9.17) is 19.0 Å². The molecule has 25 heavy (non-hydrogen) atoms. The van der Waals surface area contributed by atoms with Crippen LogP contribution in [0.25, 0.3) is 22.9 Å². The lowest BCUT2D eigenvalue weighted by Crippen LogP contribution is -2.12. The molecule has 1 aliphatic heterocycles. The Morgan fingerprint density at radius 3 is 2.64 bits per heavy atom. The molecule has 0 radical (unpaired) electrons. The summed E-state index contributed by atoms with van der Waals surface area (Å²) in [4.78, 5) is 10.9. The second-order valence-electron chi connectivity index (χ2n) is 5.71. The standard InChI is InChI=1S/C18H14N2O5/c1-10-6-13-8-23-9-24-15(13)14(7-10)17-20-19-16(25-17)11-2-4-12(5-3-11)18(21)22/h2-7H,8-9H2,1H3,(H,21,22). The number of nitrogens with zero attached hydrogens (tertiary/aromatic N) is 2. The lowest BCUT2D eigenvalue weighted by Gasteiger charge is -2.20. The number of aromatic nitrogens is 2. The monoisotopic (exact) mass is 338 g/mol. The summed E-state index contributed by atoms with van der Waals surface area (Å²) in [6.07, 6.45) is 0. The smallest absolute Gasteiger partial charge is 0.335 e. The number of hydrogen-bond acceptors (Lipinski definition) is 6. The van der Waals surface area contributed by atoms with Gasteiger partial charge in [-0.15, -0.1) is 10.2 Å². The van der Waals surface area contributed by atoms with E-state index in [9.17, 15) is 4.79 Å². The van der Waals surface area contributed by atoms with E-state index < -0.39 is 5.97 Å². The van der Waals surface area contributed by atoms with Crippen LogP contribution in [-0.2, 0) is 11.3 Å². The number of hydrogen-bond donors (Lipinski definition) is 1. The second-order valence-corrected chi connectivity index (χ2v) is 5.71.